The number of likely N-dealkylation sites (N-methyl/N-ethyl adjacent to an activating group) is 1. The molecule has 4 nitrogen and oxygen atoms in total. The van der Waals surface area contributed by atoms with Gasteiger partial charge in [-0.1, -0.05) is 48.5 Å². The second-order valence-electron chi connectivity index (χ2n) is 8.04. The van der Waals surface area contributed by atoms with Crippen LogP contribution in [0.25, 0.3) is 5.57 Å². The summed E-state index contributed by atoms with van der Waals surface area (Å²) in [4.78, 5) is 14.8. The summed E-state index contributed by atoms with van der Waals surface area (Å²) in [5, 5.41) is 13.3. The Morgan fingerprint density at radius 2 is 1.86 bits per heavy atom. The maximum Gasteiger partial charge on any atom is 0.253 e. The number of hydrogen-bond acceptors (Lipinski definition) is 3. The van der Waals surface area contributed by atoms with Crippen molar-refractivity contribution in [1.82, 2.24) is 10.2 Å². The third-order valence-electron chi connectivity index (χ3n) is 6.31. The first-order chi connectivity index (χ1) is 14.2. The maximum absolute atomic E-state index is 12.9. The Hall–Kier alpha value is -2.43. The quantitative estimate of drug-likeness (QED) is 0.755. The molecule has 1 saturated heterocycles. The summed E-state index contributed by atoms with van der Waals surface area (Å²) in [6, 6.07) is 18.5. The lowest BCUT2D eigenvalue weighted by molar-refractivity contribution is 0.0641. The zero-order valence-corrected chi connectivity index (χ0v) is 17.1. The van der Waals surface area contributed by atoms with E-state index in [0.717, 1.165) is 5.56 Å². The van der Waals surface area contributed by atoms with Gasteiger partial charge in [0.05, 0.1) is 6.61 Å². The van der Waals surface area contributed by atoms with Crippen LogP contribution in [0, 0.1) is 0 Å². The largest absolute Gasteiger partial charge is 0.395 e. The molecule has 0 saturated carbocycles. The van der Waals surface area contributed by atoms with Gasteiger partial charge in [-0.3, -0.25) is 4.79 Å². The third-order valence-corrected chi connectivity index (χ3v) is 6.31. The molecule has 3 atom stereocenters. The lowest BCUT2D eigenvalue weighted by atomic mass is 9.77. The molecule has 0 unspecified atom stereocenters. The number of aliphatic hydroxyl groups excluding tert-OH is 1. The lowest BCUT2D eigenvalue weighted by Gasteiger charge is -2.47. The lowest BCUT2D eigenvalue weighted by Crippen LogP contribution is -2.65. The van der Waals surface area contributed by atoms with Crippen LogP contribution in [0.2, 0.25) is 0 Å². The Balaban J connectivity index is 1.48. The number of nitrogens with one attached hydrogen (secondary N) is 1. The number of rotatable bonds is 7. The number of aliphatic hydroxyl groups is 1. The second kappa shape index (κ2) is 8.93. The molecule has 4 rings (SSSR count). The van der Waals surface area contributed by atoms with Gasteiger partial charge in [-0.05, 0) is 55.0 Å². The van der Waals surface area contributed by atoms with Crippen molar-refractivity contribution in [3.63, 3.8) is 0 Å². The van der Waals surface area contributed by atoms with E-state index in [4.69, 9.17) is 0 Å². The van der Waals surface area contributed by atoms with E-state index in [1.54, 1.807) is 0 Å². The number of benzene rings is 2. The first-order valence-electron chi connectivity index (χ1n) is 10.7. The van der Waals surface area contributed by atoms with Crippen molar-refractivity contribution < 1.29 is 9.90 Å². The molecule has 2 aromatic carbocycles. The van der Waals surface area contributed by atoms with Crippen LogP contribution in [0.5, 0.6) is 0 Å². The number of hydrogen-bond donors (Lipinski definition) is 2. The summed E-state index contributed by atoms with van der Waals surface area (Å²) in [5.74, 6) is 0.272. The van der Waals surface area contributed by atoms with Gasteiger partial charge in [0.1, 0.15) is 0 Å². The third kappa shape index (κ3) is 4.14. The Morgan fingerprint density at radius 3 is 2.48 bits per heavy atom. The Morgan fingerprint density at radius 1 is 1.10 bits per heavy atom. The van der Waals surface area contributed by atoms with Crippen molar-refractivity contribution in [3.8, 4) is 0 Å². The van der Waals surface area contributed by atoms with Gasteiger partial charge in [0.15, 0.2) is 0 Å². The number of carbonyl (C=O) groups is 1. The average Bonchev–Trinajstić information content (AvgIpc) is 3.29. The van der Waals surface area contributed by atoms with Crippen LogP contribution < -0.4 is 5.32 Å². The normalized spacial score (nSPS) is 23.4. The molecule has 1 amide bonds. The van der Waals surface area contributed by atoms with Gasteiger partial charge in [0.2, 0.25) is 0 Å². The minimum Gasteiger partial charge on any atom is -0.395 e. The standard InChI is InChI=1S/C25H30N2O2/c1-2-27(25(29)21-10-4-3-5-11-21)16-22-24(23(17-28)26-22)20-14-12-19(13-15-20)18-8-6-7-9-18/h3-5,8,10-15,22-24,26,28H,2,6-7,9,16-17H2,1H3/t22-,23+,24+/m1/s1. The highest BCUT2D eigenvalue weighted by Gasteiger charge is 2.42. The Bertz CT molecular complexity index is 860. The molecule has 1 heterocycles. The van der Waals surface area contributed by atoms with E-state index in [0.29, 0.717) is 13.1 Å². The summed E-state index contributed by atoms with van der Waals surface area (Å²) in [5.41, 5.74) is 4.71. The van der Waals surface area contributed by atoms with Gasteiger partial charge in [-0.25, -0.2) is 0 Å². The molecule has 1 aliphatic heterocycles. The van der Waals surface area contributed by atoms with Crippen LogP contribution >= 0.6 is 0 Å². The molecule has 0 aromatic heterocycles. The monoisotopic (exact) mass is 390 g/mol. The summed E-state index contributed by atoms with van der Waals surface area (Å²) >= 11 is 0. The Kier molecular flexibility index (Phi) is 6.12. The molecular formula is C25H30N2O2. The van der Waals surface area contributed by atoms with Crippen LogP contribution in [-0.2, 0) is 0 Å². The van der Waals surface area contributed by atoms with E-state index in [-0.39, 0.29) is 30.5 Å². The fourth-order valence-electron chi connectivity index (χ4n) is 4.65. The molecule has 2 N–H and O–H groups in total. The van der Waals surface area contributed by atoms with Gasteiger partial charge < -0.3 is 15.3 Å². The van der Waals surface area contributed by atoms with E-state index in [1.807, 2.05) is 42.2 Å². The van der Waals surface area contributed by atoms with Crippen molar-refractivity contribution in [1.29, 1.82) is 0 Å². The number of allylic oxidation sites excluding steroid dienone is 2. The zero-order chi connectivity index (χ0) is 20.2. The van der Waals surface area contributed by atoms with Crippen molar-refractivity contribution in [3.05, 3.63) is 77.4 Å². The highest BCUT2D eigenvalue weighted by atomic mass is 16.3. The van der Waals surface area contributed by atoms with Crippen molar-refractivity contribution in [2.24, 2.45) is 0 Å². The SMILES string of the molecule is CCN(C[C@H]1N[C@@H](CO)[C@H]1c1ccc(C2=CCCC2)cc1)C(=O)c1ccccc1. The van der Waals surface area contributed by atoms with Crippen LogP contribution in [0.3, 0.4) is 0 Å². The highest BCUT2D eigenvalue weighted by Crippen LogP contribution is 2.34. The zero-order valence-electron chi connectivity index (χ0n) is 17.1. The molecule has 29 heavy (non-hydrogen) atoms. The van der Waals surface area contributed by atoms with E-state index < -0.39 is 0 Å². The van der Waals surface area contributed by atoms with Gasteiger partial charge in [-0.15, -0.1) is 0 Å². The average molecular weight is 391 g/mol. The second-order valence-corrected chi connectivity index (χ2v) is 8.04. The summed E-state index contributed by atoms with van der Waals surface area (Å²) in [6.45, 7) is 3.42. The molecule has 1 aliphatic carbocycles. The summed E-state index contributed by atoms with van der Waals surface area (Å²) in [6.07, 6.45) is 5.94. The molecule has 4 heteroatoms. The van der Waals surface area contributed by atoms with Crippen LogP contribution in [0.1, 0.15) is 53.6 Å². The van der Waals surface area contributed by atoms with Gasteiger partial charge in [-0.2, -0.15) is 0 Å². The minimum atomic E-state index is 0.0436. The summed E-state index contributed by atoms with van der Waals surface area (Å²) in [7, 11) is 0. The fourth-order valence-corrected chi connectivity index (χ4v) is 4.65. The maximum atomic E-state index is 12.9. The van der Waals surface area contributed by atoms with E-state index in [9.17, 15) is 9.90 Å². The molecule has 1 fully saturated rings. The van der Waals surface area contributed by atoms with Gasteiger partial charge >= 0.3 is 0 Å². The van der Waals surface area contributed by atoms with Crippen molar-refractivity contribution in [2.45, 2.75) is 44.2 Å². The highest BCUT2D eigenvalue weighted by molar-refractivity contribution is 5.94. The van der Waals surface area contributed by atoms with Crippen LogP contribution in [0.15, 0.2) is 60.7 Å². The first kappa shape index (κ1) is 19.9. The van der Waals surface area contributed by atoms with Crippen LogP contribution in [0.4, 0.5) is 0 Å². The number of amides is 1. The van der Waals surface area contributed by atoms with E-state index >= 15 is 0 Å². The fraction of sp³-hybridized carbons (Fsp3) is 0.400. The molecule has 2 aliphatic rings. The molecule has 2 aromatic rings. The molecule has 0 radical (unpaired) electrons. The smallest absolute Gasteiger partial charge is 0.253 e. The van der Waals surface area contributed by atoms with Crippen molar-refractivity contribution >= 4 is 11.5 Å². The van der Waals surface area contributed by atoms with Crippen molar-refractivity contribution in [2.75, 3.05) is 19.7 Å². The topological polar surface area (TPSA) is 52.6 Å². The number of nitrogens with zero attached hydrogens (tertiary/aromatic N) is 1. The predicted octanol–water partition coefficient (Wildman–Crippen LogP) is 3.83. The molecular weight excluding hydrogens is 360 g/mol. The van der Waals surface area contributed by atoms with E-state index in [1.165, 1.54) is 36.0 Å². The molecule has 0 spiro atoms. The molecule has 0 bridgehead atoms. The number of carbonyl (C=O) groups excluding carboxylic acids is 1. The Labute approximate surface area is 173 Å². The first-order valence-corrected chi connectivity index (χ1v) is 10.7. The predicted molar refractivity (Wildman–Crippen MR) is 117 cm³/mol. The van der Waals surface area contributed by atoms with Crippen LogP contribution in [-0.4, -0.2) is 47.7 Å². The van der Waals surface area contributed by atoms with E-state index in [2.05, 4.69) is 35.7 Å². The molecule has 152 valence electrons. The minimum absolute atomic E-state index is 0.0436. The van der Waals surface area contributed by atoms with Gasteiger partial charge in [0, 0.05) is 36.7 Å². The van der Waals surface area contributed by atoms with Gasteiger partial charge in [0.25, 0.3) is 5.91 Å². The summed E-state index contributed by atoms with van der Waals surface area (Å²) < 4.78 is 0.